The predicted octanol–water partition coefficient (Wildman–Crippen LogP) is 4.85. The summed E-state index contributed by atoms with van der Waals surface area (Å²) in [7, 11) is 0. The van der Waals surface area contributed by atoms with Crippen LogP contribution in [0.1, 0.15) is 49.4 Å². The van der Waals surface area contributed by atoms with E-state index in [2.05, 4.69) is 43.8 Å². The lowest BCUT2D eigenvalue weighted by Gasteiger charge is -2.24. The summed E-state index contributed by atoms with van der Waals surface area (Å²) >= 11 is 3.53. The first-order valence-electron chi connectivity index (χ1n) is 9.27. The molecule has 0 radical (unpaired) electrons. The van der Waals surface area contributed by atoms with Crippen molar-refractivity contribution in [3.63, 3.8) is 0 Å². The number of hydrazone groups is 1. The van der Waals surface area contributed by atoms with Crippen LogP contribution >= 0.6 is 12.6 Å². The van der Waals surface area contributed by atoms with Gasteiger partial charge in [-0.05, 0) is 42.9 Å². The number of nitrogens with zero attached hydrogens (tertiary/aromatic N) is 2. The molecule has 0 fully saturated rings. The van der Waals surface area contributed by atoms with Gasteiger partial charge in [-0.15, -0.1) is 0 Å². The number of anilines is 1. The fourth-order valence-electron chi connectivity index (χ4n) is 3.01. The molecule has 5 heteroatoms. The molecule has 2 unspecified atom stereocenters. The highest BCUT2D eigenvalue weighted by Crippen LogP contribution is 2.34. The molecule has 4 nitrogen and oxygen atoms in total. The minimum absolute atomic E-state index is 0.0394. The average molecular weight is 384 g/mol. The van der Waals surface area contributed by atoms with Gasteiger partial charge in [-0.3, -0.25) is 4.79 Å². The van der Waals surface area contributed by atoms with E-state index in [0.717, 1.165) is 35.4 Å². The lowest BCUT2D eigenvalue weighted by atomic mass is 9.97. The van der Waals surface area contributed by atoms with E-state index in [0.29, 0.717) is 0 Å². The van der Waals surface area contributed by atoms with Crippen LogP contribution in [-0.4, -0.2) is 22.9 Å². The average Bonchev–Trinajstić information content (AvgIpc) is 3.14. The van der Waals surface area contributed by atoms with Crippen molar-refractivity contribution >= 4 is 29.9 Å². The molecule has 2 aromatic rings. The molecule has 0 saturated carbocycles. The minimum Gasteiger partial charge on any atom is -0.399 e. The number of benzene rings is 2. The molecule has 1 aliphatic heterocycles. The molecule has 3 rings (SSSR count). The second-order valence-electron chi connectivity index (χ2n) is 6.79. The quantitative estimate of drug-likeness (QED) is 0.586. The van der Waals surface area contributed by atoms with E-state index < -0.39 is 0 Å². The first kappa shape index (κ1) is 21.0. The molecule has 2 atom stereocenters. The summed E-state index contributed by atoms with van der Waals surface area (Å²) in [4.78, 5) is 12.9. The van der Waals surface area contributed by atoms with E-state index in [1.807, 2.05) is 38.1 Å². The van der Waals surface area contributed by atoms with Gasteiger partial charge < -0.3 is 5.73 Å². The number of aryl methyl sites for hydroxylation is 1. The first-order chi connectivity index (χ1) is 13.0. The highest BCUT2D eigenvalue weighted by Gasteiger charge is 2.34. The Kier molecular flexibility index (Phi) is 7.48. The number of carbonyl (C=O) groups excluding carboxylic acids is 1. The third-order valence-electron chi connectivity index (χ3n) is 4.88. The Balaban J connectivity index is 0.00000126. The first-order valence-corrected chi connectivity index (χ1v) is 10.2. The van der Waals surface area contributed by atoms with Gasteiger partial charge in [-0.25, -0.2) is 5.01 Å². The maximum Gasteiger partial charge on any atom is 0.246 e. The summed E-state index contributed by atoms with van der Waals surface area (Å²) in [5, 5.41) is 6.38. The smallest absolute Gasteiger partial charge is 0.246 e. The molecule has 0 aliphatic carbocycles. The number of nitrogens with two attached hydrogens (primary N) is 1. The minimum atomic E-state index is -0.0466. The van der Waals surface area contributed by atoms with Gasteiger partial charge in [0.25, 0.3) is 0 Å². The van der Waals surface area contributed by atoms with Gasteiger partial charge in [-0.1, -0.05) is 55.8 Å². The maximum absolute atomic E-state index is 12.9. The van der Waals surface area contributed by atoms with Gasteiger partial charge in [0.1, 0.15) is 0 Å². The van der Waals surface area contributed by atoms with Crippen molar-refractivity contribution < 1.29 is 4.79 Å². The molecular weight excluding hydrogens is 354 g/mol. The Labute approximate surface area is 167 Å². The summed E-state index contributed by atoms with van der Waals surface area (Å²) in [5.74, 6) is 0.0426. The van der Waals surface area contributed by atoms with Gasteiger partial charge in [0.05, 0.1) is 11.8 Å². The molecule has 1 heterocycles. The molecule has 2 aromatic carbocycles. The molecule has 27 heavy (non-hydrogen) atoms. The standard InChI is InChI=1S/C21H25N3O.CH4S/c1-4-15(3)21(25)24-20(17-7-5-14(2)6-8-17)13-19(23-24)16-9-11-18(22)12-10-16;1-2/h5-12,15,20H,4,13,22H2,1-3H3;2H,1H3. The summed E-state index contributed by atoms with van der Waals surface area (Å²) in [5.41, 5.74) is 10.8. The number of amides is 1. The van der Waals surface area contributed by atoms with Crippen molar-refractivity contribution in [2.24, 2.45) is 11.0 Å². The summed E-state index contributed by atoms with van der Waals surface area (Å²) in [6.07, 6.45) is 3.22. The van der Waals surface area contributed by atoms with E-state index >= 15 is 0 Å². The molecule has 1 aliphatic rings. The van der Waals surface area contributed by atoms with Gasteiger partial charge in [0.2, 0.25) is 5.91 Å². The monoisotopic (exact) mass is 383 g/mol. The molecule has 1 amide bonds. The molecule has 0 saturated heterocycles. The Morgan fingerprint density at radius 2 is 1.78 bits per heavy atom. The zero-order chi connectivity index (χ0) is 20.0. The van der Waals surface area contributed by atoms with Gasteiger partial charge >= 0.3 is 0 Å². The van der Waals surface area contributed by atoms with Crippen LogP contribution in [0.3, 0.4) is 0 Å². The predicted molar refractivity (Wildman–Crippen MR) is 117 cm³/mol. The number of hydrogen-bond donors (Lipinski definition) is 2. The van der Waals surface area contributed by atoms with E-state index in [4.69, 9.17) is 10.8 Å². The number of rotatable bonds is 4. The van der Waals surface area contributed by atoms with E-state index in [1.54, 1.807) is 11.3 Å². The van der Waals surface area contributed by atoms with Crippen molar-refractivity contribution in [2.45, 2.75) is 39.7 Å². The van der Waals surface area contributed by atoms with Crippen molar-refractivity contribution in [1.82, 2.24) is 5.01 Å². The van der Waals surface area contributed by atoms with Crippen molar-refractivity contribution in [3.8, 4) is 0 Å². The second-order valence-corrected chi connectivity index (χ2v) is 6.79. The van der Waals surface area contributed by atoms with Gasteiger partial charge in [0, 0.05) is 18.0 Å². The fourth-order valence-corrected chi connectivity index (χ4v) is 3.01. The Hall–Kier alpha value is -2.27. The highest BCUT2D eigenvalue weighted by molar-refractivity contribution is 7.79. The van der Waals surface area contributed by atoms with Crippen LogP contribution in [0, 0.1) is 12.8 Å². The van der Waals surface area contributed by atoms with Crippen LogP contribution in [0.4, 0.5) is 5.69 Å². The van der Waals surface area contributed by atoms with Crippen LogP contribution in [0.5, 0.6) is 0 Å². The lowest BCUT2D eigenvalue weighted by Crippen LogP contribution is -2.31. The molecule has 0 bridgehead atoms. The van der Waals surface area contributed by atoms with Crippen molar-refractivity contribution in [1.29, 1.82) is 0 Å². The van der Waals surface area contributed by atoms with E-state index in [-0.39, 0.29) is 17.9 Å². The number of hydrogen-bond acceptors (Lipinski definition) is 4. The Morgan fingerprint density at radius 1 is 1.19 bits per heavy atom. The number of nitrogen functional groups attached to an aromatic ring is 1. The molecule has 0 spiro atoms. The topological polar surface area (TPSA) is 58.7 Å². The third kappa shape index (κ3) is 4.92. The number of thiol groups is 1. The maximum atomic E-state index is 12.9. The van der Waals surface area contributed by atoms with Crippen LogP contribution in [-0.2, 0) is 4.79 Å². The summed E-state index contributed by atoms with van der Waals surface area (Å²) in [6, 6.07) is 16.0. The van der Waals surface area contributed by atoms with Gasteiger partial charge in [-0.2, -0.15) is 17.7 Å². The second kappa shape index (κ2) is 9.60. The van der Waals surface area contributed by atoms with Crippen LogP contribution in [0.2, 0.25) is 0 Å². The zero-order valence-corrected chi connectivity index (χ0v) is 17.4. The Bertz CT molecular complexity index is 784. The normalized spacial score (nSPS) is 17.0. The fraction of sp³-hybridized carbons (Fsp3) is 0.364. The lowest BCUT2D eigenvalue weighted by molar-refractivity contribution is -0.136. The van der Waals surface area contributed by atoms with Crippen LogP contribution < -0.4 is 5.73 Å². The molecule has 144 valence electrons. The summed E-state index contributed by atoms with van der Waals surface area (Å²) in [6.45, 7) is 6.06. The highest BCUT2D eigenvalue weighted by atomic mass is 32.1. The molecular formula is C22H29N3OS. The molecule has 2 N–H and O–H groups in total. The van der Waals surface area contributed by atoms with Crippen LogP contribution in [0.15, 0.2) is 53.6 Å². The zero-order valence-electron chi connectivity index (χ0n) is 16.5. The van der Waals surface area contributed by atoms with E-state index in [1.165, 1.54) is 5.56 Å². The van der Waals surface area contributed by atoms with Gasteiger partial charge in [0.15, 0.2) is 0 Å². The largest absolute Gasteiger partial charge is 0.399 e. The summed E-state index contributed by atoms with van der Waals surface area (Å²) < 4.78 is 0. The number of carbonyl (C=O) groups is 1. The molecule has 0 aromatic heterocycles. The third-order valence-corrected chi connectivity index (χ3v) is 4.88. The Morgan fingerprint density at radius 3 is 2.33 bits per heavy atom. The SMILES string of the molecule is CCC(C)C(=O)N1N=C(c2ccc(N)cc2)CC1c1ccc(C)cc1.CS. The van der Waals surface area contributed by atoms with Crippen molar-refractivity contribution in [2.75, 3.05) is 12.0 Å². The van der Waals surface area contributed by atoms with Crippen molar-refractivity contribution in [3.05, 3.63) is 65.2 Å². The van der Waals surface area contributed by atoms with E-state index in [9.17, 15) is 4.79 Å². The van der Waals surface area contributed by atoms with Crippen LogP contribution in [0.25, 0.3) is 0 Å².